The Morgan fingerprint density at radius 1 is 1.07 bits per heavy atom. The van der Waals surface area contributed by atoms with E-state index in [0.717, 1.165) is 5.56 Å². The predicted molar refractivity (Wildman–Crippen MR) is 116 cm³/mol. The van der Waals surface area contributed by atoms with E-state index in [1.807, 2.05) is 12.1 Å². The molecule has 30 heavy (non-hydrogen) atoms. The quantitative estimate of drug-likeness (QED) is 0.775. The highest BCUT2D eigenvalue weighted by Crippen LogP contribution is 2.28. The zero-order valence-electron chi connectivity index (χ0n) is 17.9. The maximum absolute atomic E-state index is 13.2. The van der Waals surface area contributed by atoms with Gasteiger partial charge in [0.25, 0.3) is 0 Å². The van der Waals surface area contributed by atoms with E-state index in [2.05, 4.69) is 26.1 Å². The van der Waals surface area contributed by atoms with E-state index < -0.39 is 10.0 Å². The third-order valence-electron chi connectivity index (χ3n) is 5.63. The van der Waals surface area contributed by atoms with Gasteiger partial charge in [0.05, 0.1) is 4.90 Å². The number of carbonyl (C=O) groups excluding carboxylic acids is 1. The fraction of sp³-hybridized carbons (Fsp3) is 0.435. The van der Waals surface area contributed by atoms with Crippen molar-refractivity contribution in [2.24, 2.45) is 5.92 Å². The molecule has 162 valence electrons. The van der Waals surface area contributed by atoms with Gasteiger partial charge in [-0.2, -0.15) is 4.31 Å². The average molecular weight is 433 g/mol. The molecule has 5 nitrogen and oxygen atoms in total. The molecule has 2 aromatic rings. The molecule has 0 aromatic heterocycles. The van der Waals surface area contributed by atoms with Crippen LogP contribution in [-0.2, 0) is 20.2 Å². The summed E-state index contributed by atoms with van der Waals surface area (Å²) in [6, 6.07) is 11.3. The van der Waals surface area contributed by atoms with Gasteiger partial charge in [-0.05, 0) is 66.6 Å². The SMILES string of the molecule is Cc1cc(F)ccc1NC(=O)C1CCN(S(=O)(=O)c2ccc(C(C)(C)C)cc2)CC1. The van der Waals surface area contributed by atoms with Gasteiger partial charge in [-0.15, -0.1) is 0 Å². The first-order chi connectivity index (χ1) is 14.0. The summed E-state index contributed by atoms with van der Waals surface area (Å²) in [5.41, 5.74) is 2.27. The second-order valence-corrected chi connectivity index (χ2v) is 10.8. The molecule has 0 aliphatic carbocycles. The summed E-state index contributed by atoms with van der Waals surface area (Å²) in [7, 11) is -3.58. The number of hydrogen-bond acceptors (Lipinski definition) is 3. The Labute approximate surface area is 178 Å². The summed E-state index contributed by atoms with van der Waals surface area (Å²) in [5, 5.41) is 2.84. The molecule has 2 aromatic carbocycles. The molecule has 0 spiro atoms. The average Bonchev–Trinajstić information content (AvgIpc) is 2.69. The van der Waals surface area contributed by atoms with E-state index in [-0.39, 0.29) is 28.0 Å². The van der Waals surface area contributed by atoms with Gasteiger partial charge in [-0.3, -0.25) is 4.79 Å². The summed E-state index contributed by atoms with van der Waals surface area (Å²) in [4.78, 5) is 12.9. The van der Waals surface area contributed by atoms with Crippen LogP contribution >= 0.6 is 0 Å². The van der Waals surface area contributed by atoms with Gasteiger partial charge in [-0.25, -0.2) is 12.8 Å². The van der Waals surface area contributed by atoms with Crippen LogP contribution in [0, 0.1) is 18.7 Å². The Hall–Kier alpha value is -2.25. The molecule has 0 unspecified atom stereocenters. The van der Waals surface area contributed by atoms with Crippen molar-refractivity contribution in [1.29, 1.82) is 0 Å². The van der Waals surface area contributed by atoms with Gasteiger partial charge in [0.1, 0.15) is 5.82 Å². The Bertz CT molecular complexity index is 1020. The van der Waals surface area contributed by atoms with Crippen LogP contribution in [0.2, 0.25) is 0 Å². The minimum Gasteiger partial charge on any atom is -0.326 e. The molecule has 1 fully saturated rings. The molecule has 1 N–H and O–H groups in total. The molecule has 1 aliphatic rings. The Morgan fingerprint density at radius 2 is 1.67 bits per heavy atom. The molecular formula is C23H29FN2O3S. The van der Waals surface area contributed by atoms with Crippen LogP contribution < -0.4 is 5.32 Å². The monoisotopic (exact) mass is 432 g/mol. The van der Waals surface area contributed by atoms with E-state index in [1.54, 1.807) is 25.1 Å². The number of amides is 1. The molecular weight excluding hydrogens is 403 g/mol. The van der Waals surface area contributed by atoms with Crippen molar-refractivity contribution in [3.05, 3.63) is 59.4 Å². The minimum atomic E-state index is -3.58. The van der Waals surface area contributed by atoms with Gasteiger partial charge in [0.15, 0.2) is 0 Å². The Morgan fingerprint density at radius 3 is 2.20 bits per heavy atom. The van der Waals surface area contributed by atoms with Crippen molar-refractivity contribution >= 4 is 21.6 Å². The zero-order chi connectivity index (χ0) is 22.1. The number of hydrogen-bond donors (Lipinski definition) is 1. The van der Waals surface area contributed by atoms with Crippen molar-refractivity contribution in [3.63, 3.8) is 0 Å². The van der Waals surface area contributed by atoms with Gasteiger partial charge in [0, 0.05) is 24.7 Å². The highest BCUT2D eigenvalue weighted by Gasteiger charge is 2.32. The molecule has 0 saturated carbocycles. The van der Waals surface area contributed by atoms with E-state index >= 15 is 0 Å². The molecule has 0 atom stereocenters. The highest BCUT2D eigenvalue weighted by atomic mass is 32.2. The summed E-state index contributed by atoms with van der Waals surface area (Å²) in [5.74, 6) is -0.778. The second kappa shape index (κ2) is 8.47. The van der Waals surface area contributed by atoms with Crippen molar-refractivity contribution in [2.75, 3.05) is 18.4 Å². The van der Waals surface area contributed by atoms with Crippen LogP contribution in [0.1, 0.15) is 44.7 Å². The lowest BCUT2D eigenvalue weighted by molar-refractivity contribution is -0.120. The van der Waals surface area contributed by atoms with E-state index in [1.165, 1.54) is 16.4 Å². The van der Waals surface area contributed by atoms with Crippen LogP contribution in [0.5, 0.6) is 0 Å². The summed E-state index contributed by atoms with van der Waals surface area (Å²) in [6.45, 7) is 8.58. The van der Waals surface area contributed by atoms with Crippen LogP contribution in [0.15, 0.2) is 47.4 Å². The number of nitrogens with zero attached hydrogens (tertiary/aromatic N) is 1. The number of carbonyl (C=O) groups is 1. The molecule has 3 rings (SSSR count). The Kier molecular flexibility index (Phi) is 6.34. The lowest BCUT2D eigenvalue weighted by Gasteiger charge is -2.31. The third-order valence-corrected chi connectivity index (χ3v) is 7.54. The number of benzene rings is 2. The van der Waals surface area contributed by atoms with Crippen LogP contribution in [0.3, 0.4) is 0 Å². The van der Waals surface area contributed by atoms with Crippen molar-refractivity contribution in [1.82, 2.24) is 4.31 Å². The number of nitrogens with one attached hydrogen (secondary N) is 1. The summed E-state index contributed by atoms with van der Waals surface area (Å²) in [6.07, 6.45) is 0.900. The normalized spacial score (nSPS) is 16.4. The van der Waals surface area contributed by atoms with Gasteiger partial charge in [0.2, 0.25) is 15.9 Å². The topological polar surface area (TPSA) is 66.5 Å². The standard InChI is InChI=1S/C23H29FN2O3S/c1-16-15-19(24)7-10-21(16)25-22(27)17-11-13-26(14-12-17)30(28,29)20-8-5-18(6-9-20)23(2,3)4/h5-10,15,17H,11-14H2,1-4H3,(H,25,27). The number of rotatable bonds is 4. The molecule has 1 aliphatic heterocycles. The third kappa shape index (κ3) is 4.90. The predicted octanol–water partition coefficient (Wildman–Crippen LogP) is 4.47. The Balaban J connectivity index is 1.63. The lowest BCUT2D eigenvalue weighted by atomic mass is 9.87. The number of piperidine rings is 1. The van der Waals surface area contributed by atoms with Crippen LogP contribution in [-0.4, -0.2) is 31.7 Å². The maximum atomic E-state index is 13.2. The van der Waals surface area contributed by atoms with Crippen LogP contribution in [0.4, 0.5) is 10.1 Å². The number of aryl methyl sites for hydroxylation is 1. The minimum absolute atomic E-state index is 0.0448. The zero-order valence-corrected chi connectivity index (χ0v) is 18.7. The fourth-order valence-corrected chi connectivity index (χ4v) is 5.11. The smallest absolute Gasteiger partial charge is 0.243 e. The maximum Gasteiger partial charge on any atom is 0.243 e. The molecule has 0 bridgehead atoms. The summed E-state index contributed by atoms with van der Waals surface area (Å²) < 4.78 is 40.7. The van der Waals surface area contributed by atoms with Crippen molar-refractivity contribution in [2.45, 2.75) is 50.8 Å². The lowest BCUT2D eigenvalue weighted by Crippen LogP contribution is -2.41. The van der Waals surface area contributed by atoms with Gasteiger partial charge < -0.3 is 5.32 Å². The fourth-order valence-electron chi connectivity index (χ4n) is 3.64. The first kappa shape index (κ1) is 22.4. The molecule has 1 saturated heterocycles. The van der Waals surface area contributed by atoms with Crippen LogP contribution in [0.25, 0.3) is 0 Å². The first-order valence-corrected chi connectivity index (χ1v) is 11.6. The van der Waals surface area contributed by atoms with Crippen molar-refractivity contribution < 1.29 is 17.6 Å². The molecule has 7 heteroatoms. The number of anilines is 1. The highest BCUT2D eigenvalue weighted by molar-refractivity contribution is 7.89. The molecule has 1 amide bonds. The molecule has 1 heterocycles. The van der Waals surface area contributed by atoms with E-state index in [0.29, 0.717) is 37.2 Å². The number of halogens is 1. The number of sulfonamides is 1. The van der Waals surface area contributed by atoms with E-state index in [4.69, 9.17) is 0 Å². The largest absolute Gasteiger partial charge is 0.326 e. The molecule has 0 radical (unpaired) electrons. The van der Waals surface area contributed by atoms with Gasteiger partial charge in [-0.1, -0.05) is 32.9 Å². The van der Waals surface area contributed by atoms with Crippen molar-refractivity contribution in [3.8, 4) is 0 Å². The second-order valence-electron chi connectivity index (χ2n) is 8.90. The van der Waals surface area contributed by atoms with E-state index in [9.17, 15) is 17.6 Å². The first-order valence-electron chi connectivity index (χ1n) is 10.2. The van der Waals surface area contributed by atoms with Gasteiger partial charge >= 0.3 is 0 Å². The summed E-state index contributed by atoms with van der Waals surface area (Å²) >= 11 is 0.